The molecule has 3 N–H and O–H groups in total. The SMILES string of the molecule is CCCCN1C[C@H]2C[C@@H](NC[C@H](O)c3ccc(OCc4ccccc4)c4[nH]c(=O)ccc34)C[C@H]2C1. The number of unbranched alkanes of at least 4 members (excludes halogenated alkanes) is 1. The van der Waals surface area contributed by atoms with E-state index in [-0.39, 0.29) is 5.56 Å². The minimum Gasteiger partial charge on any atom is -0.487 e. The van der Waals surface area contributed by atoms with Crippen molar-refractivity contribution in [1.82, 2.24) is 15.2 Å². The summed E-state index contributed by atoms with van der Waals surface area (Å²) in [6.45, 7) is 6.87. The highest BCUT2D eigenvalue weighted by Gasteiger charge is 2.40. The highest BCUT2D eigenvalue weighted by atomic mass is 16.5. The number of hydrogen-bond acceptors (Lipinski definition) is 5. The van der Waals surface area contributed by atoms with Gasteiger partial charge < -0.3 is 25.0 Å². The lowest BCUT2D eigenvalue weighted by molar-refractivity contribution is 0.170. The summed E-state index contributed by atoms with van der Waals surface area (Å²) in [5, 5.41) is 15.5. The second-order valence-electron chi connectivity index (χ2n) is 10.3. The Hall–Kier alpha value is -2.67. The number of benzene rings is 2. The van der Waals surface area contributed by atoms with Gasteiger partial charge in [-0.3, -0.25) is 4.79 Å². The van der Waals surface area contributed by atoms with Gasteiger partial charge >= 0.3 is 0 Å². The van der Waals surface area contributed by atoms with Crippen LogP contribution in [0.4, 0.5) is 0 Å². The van der Waals surface area contributed by atoms with E-state index in [1.54, 1.807) is 6.07 Å². The summed E-state index contributed by atoms with van der Waals surface area (Å²) in [7, 11) is 0. The Labute approximate surface area is 207 Å². The smallest absolute Gasteiger partial charge is 0.248 e. The van der Waals surface area contributed by atoms with Gasteiger partial charge in [0, 0.05) is 37.1 Å². The molecule has 0 unspecified atom stereocenters. The van der Waals surface area contributed by atoms with Crippen molar-refractivity contribution >= 4 is 10.9 Å². The maximum absolute atomic E-state index is 12.1. The van der Waals surface area contributed by atoms with E-state index < -0.39 is 6.10 Å². The number of fused-ring (bicyclic) bond motifs is 2. The van der Waals surface area contributed by atoms with Crippen LogP contribution in [0.3, 0.4) is 0 Å². The van der Waals surface area contributed by atoms with Gasteiger partial charge in [0.05, 0.1) is 11.6 Å². The number of likely N-dealkylation sites (tertiary alicyclic amines) is 1. The Morgan fingerprint density at radius 3 is 2.60 bits per heavy atom. The number of rotatable bonds is 10. The van der Waals surface area contributed by atoms with Crippen molar-refractivity contribution in [2.24, 2.45) is 11.8 Å². The number of aromatic nitrogens is 1. The van der Waals surface area contributed by atoms with E-state index in [0.717, 1.165) is 28.3 Å². The second-order valence-corrected chi connectivity index (χ2v) is 10.3. The Morgan fingerprint density at radius 2 is 1.86 bits per heavy atom. The summed E-state index contributed by atoms with van der Waals surface area (Å²) in [4.78, 5) is 17.6. The number of aliphatic hydroxyl groups excluding tert-OH is 1. The third kappa shape index (κ3) is 5.61. The summed E-state index contributed by atoms with van der Waals surface area (Å²) in [5.74, 6) is 2.18. The van der Waals surface area contributed by atoms with Crippen LogP contribution < -0.4 is 15.6 Å². The summed E-state index contributed by atoms with van der Waals surface area (Å²) >= 11 is 0. The van der Waals surface area contributed by atoms with Crippen LogP contribution in [-0.4, -0.2) is 47.2 Å². The van der Waals surface area contributed by atoms with Crippen molar-refractivity contribution in [1.29, 1.82) is 0 Å². The van der Waals surface area contributed by atoms with Crippen molar-refractivity contribution in [2.75, 3.05) is 26.2 Å². The first kappa shape index (κ1) is 24.0. The maximum Gasteiger partial charge on any atom is 0.248 e. The fraction of sp³-hybridized carbons (Fsp3) is 0.483. The number of pyridine rings is 1. The highest BCUT2D eigenvalue weighted by Crippen LogP contribution is 2.38. The standard InChI is InChI=1S/C29H37N3O3/c1-2-3-13-32-17-21-14-23(15-22(21)18-32)30-16-26(33)24-9-11-27(29-25(24)10-12-28(34)31-29)35-19-20-7-5-4-6-8-20/h4-12,21-23,26,30,33H,2-3,13-19H2,1H3,(H,31,34)/t21-,22+,23-,26-/m0/s1. The predicted octanol–water partition coefficient (Wildman–Crippen LogP) is 4.24. The molecule has 1 saturated carbocycles. The van der Waals surface area contributed by atoms with Crippen LogP contribution in [-0.2, 0) is 6.61 Å². The summed E-state index contributed by atoms with van der Waals surface area (Å²) in [6, 6.07) is 17.5. The van der Waals surface area contributed by atoms with Gasteiger partial charge in [-0.05, 0) is 60.9 Å². The molecule has 186 valence electrons. The molecule has 4 atom stereocenters. The summed E-state index contributed by atoms with van der Waals surface area (Å²) < 4.78 is 6.04. The molecular formula is C29H37N3O3. The quantitative estimate of drug-likeness (QED) is 0.409. The molecule has 1 aliphatic heterocycles. The van der Waals surface area contributed by atoms with E-state index >= 15 is 0 Å². The lowest BCUT2D eigenvalue weighted by Crippen LogP contribution is -2.33. The molecule has 2 heterocycles. The van der Waals surface area contributed by atoms with Gasteiger partial charge in [-0.25, -0.2) is 0 Å². The Balaban J connectivity index is 1.22. The molecule has 1 aromatic heterocycles. The van der Waals surface area contributed by atoms with Crippen LogP contribution >= 0.6 is 0 Å². The topological polar surface area (TPSA) is 77.6 Å². The lowest BCUT2D eigenvalue weighted by atomic mass is 10.0. The number of hydrogen-bond donors (Lipinski definition) is 3. The van der Waals surface area contributed by atoms with Gasteiger partial charge in [-0.2, -0.15) is 0 Å². The molecule has 2 aliphatic rings. The first-order valence-electron chi connectivity index (χ1n) is 13.1. The fourth-order valence-electron chi connectivity index (χ4n) is 5.91. The normalized spacial score (nSPS) is 23.0. The Kier molecular flexibility index (Phi) is 7.51. The van der Waals surface area contributed by atoms with Crippen LogP contribution in [0, 0.1) is 11.8 Å². The van der Waals surface area contributed by atoms with Gasteiger partial charge in [0.25, 0.3) is 0 Å². The average Bonchev–Trinajstić information content (AvgIpc) is 3.43. The molecule has 6 nitrogen and oxygen atoms in total. The van der Waals surface area contributed by atoms with Crippen LogP contribution in [0.25, 0.3) is 10.9 Å². The maximum atomic E-state index is 12.1. The van der Waals surface area contributed by atoms with Crippen molar-refractivity contribution in [3.63, 3.8) is 0 Å². The third-order valence-corrected chi connectivity index (χ3v) is 7.74. The molecular weight excluding hydrogens is 438 g/mol. The van der Waals surface area contributed by atoms with E-state index in [1.165, 1.54) is 51.4 Å². The van der Waals surface area contributed by atoms with Gasteiger partial charge in [0.1, 0.15) is 12.4 Å². The molecule has 2 aromatic carbocycles. The number of nitrogens with one attached hydrogen (secondary N) is 2. The predicted molar refractivity (Wildman–Crippen MR) is 140 cm³/mol. The van der Waals surface area contributed by atoms with Gasteiger partial charge in [0.15, 0.2) is 0 Å². The zero-order chi connectivity index (χ0) is 24.2. The summed E-state index contributed by atoms with van der Waals surface area (Å²) in [6.07, 6.45) is 4.29. The zero-order valence-electron chi connectivity index (χ0n) is 20.6. The molecule has 2 fully saturated rings. The lowest BCUT2D eigenvalue weighted by Gasteiger charge is -2.21. The van der Waals surface area contributed by atoms with Crippen LogP contribution in [0.1, 0.15) is 49.8 Å². The number of ether oxygens (including phenoxy) is 1. The van der Waals surface area contributed by atoms with Crippen LogP contribution in [0.5, 0.6) is 5.75 Å². The molecule has 3 aromatic rings. The number of nitrogens with zero attached hydrogens (tertiary/aromatic N) is 1. The van der Waals surface area contributed by atoms with Gasteiger partial charge in [0.2, 0.25) is 5.56 Å². The minimum atomic E-state index is -0.659. The molecule has 35 heavy (non-hydrogen) atoms. The van der Waals surface area contributed by atoms with Gasteiger partial charge in [-0.15, -0.1) is 0 Å². The minimum absolute atomic E-state index is 0.183. The van der Waals surface area contributed by atoms with Crippen molar-refractivity contribution < 1.29 is 9.84 Å². The van der Waals surface area contributed by atoms with Crippen LogP contribution in [0.2, 0.25) is 0 Å². The molecule has 5 rings (SSSR count). The first-order chi connectivity index (χ1) is 17.1. The monoisotopic (exact) mass is 475 g/mol. The molecule has 0 spiro atoms. The largest absolute Gasteiger partial charge is 0.487 e. The molecule has 0 radical (unpaired) electrons. The molecule has 1 saturated heterocycles. The molecule has 0 amide bonds. The Bertz CT molecular complexity index is 1160. The van der Waals surface area contributed by atoms with E-state index in [9.17, 15) is 9.90 Å². The fourth-order valence-corrected chi connectivity index (χ4v) is 5.91. The molecule has 1 aliphatic carbocycles. The molecule has 6 heteroatoms. The third-order valence-electron chi connectivity index (χ3n) is 7.74. The second kappa shape index (κ2) is 10.9. The zero-order valence-corrected chi connectivity index (χ0v) is 20.6. The van der Waals surface area contributed by atoms with E-state index in [4.69, 9.17) is 4.74 Å². The summed E-state index contributed by atoms with van der Waals surface area (Å²) in [5.41, 5.74) is 2.31. The van der Waals surface area contributed by atoms with Crippen molar-refractivity contribution in [2.45, 2.75) is 51.4 Å². The Morgan fingerprint density at radius 1 is 1.09 bits per heavy atom. The van der Waals surface area contributed by atoms with Crippen molar-refractivity contribution in [3.8, 4) is 5.75 Å². The van der Waals surface area contributed by atoms with Crippen LogP contribution in [0.15, 0.2) is 59.4 Å². The highest BCUT2D eigenvalue weighted by molar-refractivity contribution is 5.87. The van der Waals surface area contributed by atoms with Gasteiger partial charge in [-0.1, -0.05) is 49.7 Å². The average molecular weight is 476 g/mol. The van der Waals surface area contributed by atoms with E-state index in [0.29, 0.717) is 30.5 Å². The van der Waals surface area contributed by atoms with Crippen molar-refractivity contribution in [3.05, 3.63) is 76.1 Å². The number of aromatic amines is 1. The van der Waals surface area contributed by atoms with E-state index in [2.05, 4.69) is 22.1 Å². The number of H-pyrrole nitrogens is 1. The number of aliphatic hydroxyl groups is 1. The molecule has 0 bridgehead atoms. The first-order valence-corrected chi connectivity index (χ1v) is 13.1. The van der Waals surface area contributed by atoms with E-state index in [1.807, 2.05) is 42.5 Å².